The van der Waals surface area contributed by atoms with Crippen LogP contribution in [0.15, 0.2) is 24.3 Å². The lowest BCUT2D eigenvalue weighted by atomic mass is 10.1. The third-order valence-corrected chi connectivity index (χ3v) is 3.66. The van der Waals surface area contributed by atoms with E-state index in [0.29, 0.717) is 5.69 Å². The van der Waals surface area contributed by atoms with E-state index >= 15 is 0 Å². The number of carbonyl (C=O) groups excluding carboxylic acids is 1. The maximum absolute atomic E-state index is 10.8. The molecule has 0 spiro atoms. The first kappa shape index (κ1) is 15.8. The van der Waals surface area contributed by atoms with E-state index in [1.54, 1.807) is 0 Å². The highest BCUT2D eigenvalue weighted by Gasteiger charge is 2.10. The van der Waals surface area contributed by atoms with Gasteiger partial charge in [-0.15, -0.1) is 0 Å². The molecule has 0 bridgehead atoms. The average molecular weight is 292 g/mol. The first-order valence-electron chi connectivity index (χ1n) is 7.35. The molecule has 2 rings (SSSR count). The van der Waals surface area contributed by atoms with E-state index in [-0.39, 0.29) is 6.04 Å². The molecule has 21 heavy (non-hydrogen) atoms. The van der Waals surface area contributed by atoms with E-state index in [1.165, 1.54) is 5.56 Å². The summed E-state index contributed by atoms with van der Waals surface area (Å²) in [5.41, 5.74) is 6.98. The lowest BCUT2D eigenvalue weighted by Crippen LogP contribution is -2.40. The Morgan fingerprint density at radius 3 is 2.62 bits per heavy atom. The number of nitrogens with one attached hydrogen (secondary N) is 2. The number of morpholine rings is 1. The summed E-state index contributed by atoms with van der Waals surface area (Å²) in [5.74, 6) is 0. The predicted molar refractivity (Wildman–Crippen MR) is 83.3 cm³/mol. The maximum atomic E-state index is 10.8. The minimum absolute atomic E-state index is 0.272. The second kappa shape index (κ2) is 7.97. The van der Waals surface area contributed by atoms with Crippen LogP contribution in [-0.4, -0.2) is 50.3 Å². The number of primary amides is 1. The molecule has 1 heterocycles. The summed E-state index contributed by atoms with van der Waals surface area (Å²) in [5, 5.41) is 6.07. The molecule has 0 aromatic heterocycles. The van der Waals surface area contributed by atoms with Crippen molar-refractivity contribution in [3.05, 3.63) is 29.8 Å². The average Bonchev–Trinajstić information content (AvgIpc) is 2.48. The Kier molecular flexibility index (Phi) is 5.98. The molecule has 1 saturated heterocycles. The van der Waals surface area contributed by atoms with Gasteiger partial charge in [-0.05, 0) is 24.6 Å². The van der Waals surface area contributed by atoms with Crippen LogP contribution in [0.4, 0.5) is 10.5 Å². The number of benzene rings is 1. The normalized spacial score (nSPS) is 17.4. The topological polar surface area (TPSA) is 79.6 Å². The molecule has 1 aromatic rings. The third kappa shape index (κ3) is 5.34. The molecule has 1 aliphatic rings. The number of anilines is 1. The molecule has 116 valence electrons. The highest BCUT2D eigenvalue weighted by molar-refractivity contribution is 5.87. The molecule has 1 unspecified atom stereocenters. The van der Waals surface area contributed by atoms with Crippen molar-refractivity contribution in [2.75, 3.05) is 44.7 Å². The van der Waals surface area contributed by atoms with Crippen molar-refractivity contribution in [2.24, 2.45) is 5.73 Å². The van der Waals surface area contributed by atoms with Crippen molar-refractivity contribution in [3.8, 4) is 0 Å². The molecule has 6 heteroatoms. The van der Waals surface area contributed by atoms with Gasteiger partial charge in [-0.25, -0.2) is 4.79 Å². The molecule has 1 aromatic carbocycles. The summed E-state index contributed by atoms with van der Waals surface area (Å²) in [6.07, 6.45) is 0. The van der Waals surface area contributed by atoms with Gasteiger partial charge in [-0.2, -0.15) is 0 Å². The van der Waals surface area contributed by atoms with Crippen molar-refractivity contribution < 1.29 is 9.53 Å². The van der Waals surface area contributed by atoms with E-state index in [0.717, 1.165) is 39.4 Å². The van der Waals surface area contributed by atoms with Gasteiger partial charge in [0.05, 0.1) is 13.2 Å². The lowest BCUT2D eigenvalue weighted by molar-refractivity contribution is 0.0382. The van der Waals surface area contributed by atoms with Gasteiger partial charge in [0.1, 0.15) is 0 Å². The van der Waals surface area contributed by atoms with Crippen molar-refractivity contribution in [3.63, 3.8) is 0 Å². The Hall–Kier alpha value is -1.63. The van der Waals surface area contributed by atoms with E-state index in [2.05, 4.69) is 22.5 Å². The minimum atomic E-state index is -0.542. The van der Waals surface area contributed by atoms with Gasteiger partial charge in [0.25, 0.3) is 0 Å². The molecule has 2 amide bonds. The van der Waals surface area contributed by atoms with Crippen molar-refractivity contribution in [1.29, 1.82) is 0 Å². The summed E-state index contributed by atoms with van der Waals surface area (Å²) in [7, 11) is 0. The molecule has 4 N–H and O–H groups in total. The van der Waals surface area contributed by atoms with Crippen LogP contribution >= 0.6 is 0 Å². The zero-order valence-electron chi connectivity index (χ0n) is 12.5. The van der Waals surface area contributed by atoms with Gasteiger partial charge in [-0.3, -0.25) is 4.90 Å². The summed E-state index contributed by atoms with van der Waals surface area (Å²) >= 11 is 0. The summed E-state index contributed by atoms with van der Waals surface area (Å²) < 4.78 is 5.33. The highest BCUT2D eigenvalue weighted by atomic mass is 16.5. The summed E-state index contributed by atoms with van der Waals surface area (Å²) in [6.45, 7) is 7.83. The van der Waals surface area contributed by atoms with Gasteiger partial charge in [-0.1, -0.05) is 12.1 Å². The monoisotopic (exact) mass is 292 g/mol. The standard InChI is InChI=1S/C15H24N4O2/c1-12(17-6-7-19-8-10-21-11-9-19)13-2-4-14(5-3-13)18-15(16)20/h2-5,12,17H,6-11H2,1H3,(H3,16,18,20). The van der Waals surface area contributed by atoms with Crippen LogP contribution in [-0.2, 0) is 4.74 Å². The number of nitrogens with zero attached hydrogens (tertiary/aromatic N) is 1. The van der Waals surface area contributed by atoms with E-state index in [9.17, 15) is 4.79 Å². The van der Waals surface area contributed by atoms with E-state index in [1.807, 2.05) is 24.3 Å². The van der Waals surface area contributed by atoms with Gasteiger partial charge in [0, 0.05) is 37.9 Å². The number of carbonyl (C=O) groups is 1. The quantitative estimate of drug-likeness (QED) is 0.735. The van der Waals surface area contributed by atoms with Crippen LogP contribution in [0.3, 0.4) is 0 Å². The number of urea groups is 1. The molecule has 0 saturated carbocycles. The van der Waals surface area contributed by atoms with Crippen molar-refractivity contribution in [1.82, 2.24) is 10.2 Å². The number of rotatable bonds is 6. The van der Waals surface area contributed by atoms with Crippen LogP contribution in [0.1, 0.15) is 18.5 Å². The van der Waals surface area contributed by atoms with Gasteiger partial charge in [0.2, 0.25) is 0 Å². The molecule has 1 aliphatic heterocycles. The zero-order chi connectivity index (χ0) is 15.1. The molecule has 1 fully saturated rings. The second-order valence-corrected chi connectivity index (χ2v) is 5.24. The zero-order valence-corrected chi connectivity index (χ0v) is 12.5. The number of nitrogens with two attached hydrogens (primary N) is 1. The molecule has 0 aliphatic carbocycles. The van der Waals surface area contributed by atoms with Gasteiger partial charge < -0.3 is 21.1 Å². The number of amides is 2. The smallest absolute Gasteiger partial charge is 0.316 e. The summed E-state index contributed by atoms with van der Waals surface area (Å²) in [4.78, 5) is 13.2. The highest BCUT2D eigenvalue weighted by Crippen LogP contribution is 2.15. The number of ether oxygens (including phenoxy) is 1. The van der Waals surface area contributed by atoms with Gasteiger partial charge in [0.15, 0.2) is 0 Å². The van der Waals surface area contributed by atoms with Crippen LogP contribution in [0.25, 0.3) is 0 Å². The Morgan fingerprint density at radius 1 is 1.33 bits per heavy atom. The molecule has 0 radical (unpaired) electrons. The Bertz CT molecular complexity index is 443. The lowest BCUT2D eigenvalue weighted by Gasteiger charge is -2.27. The Morgan fingerprint density at radius 2 is 2.00 bits per heavy atom. The first-order valence-corrected chi connectivity index (χ1v) is 7.35. The van der Waals surface area contributed by atoms with Crippen molar-refractivity contribution >= 4 is 11.7 Å². The van der Waals surface area contributed by atoms with Crippen LogP contribution in [0.2, 0.25) is 0 Å². The largest absolute Gasteiger partial charge is 0.379 e. The first-order chi connectivity index (χ1) is 10.1. The van der Waals surface area contributed by atoms with Gasteiger partial charge >= 0.3 is 6.03 Å². The SMILES string of the molecule is CC(NCCN1CCOCC1)c1ccc(NC(N)=O)cc1. The van der Waals surface area contributed by atoms with E-state index < -0.39 is 6.03 Å². The van der Waals surface area contributed by atoms with E-state index in [4.69, 9.17) is 10.5 Å². The molecular weight excluding hydrogens is 268 g/mol. The minimum Gasteiger partial charge on any atom is -0.379 e. The molecule has 1 atom stereocenters. The Balaban J connectivity index is 1.74. The van der Waals surface area contributed by atoms with Crippen molar-refractivity contribution in [2.45, 2.75) is 13.0 Å². The van der Waals surface area contributed by atoms with Crippen LogP contribution in [0.5, 0.6) is 0 Å². The van der Waals surface area contributed by atoms with Crippen LogP contribution < -0.4 is 16.4 Å². The molecule has 6 nitrogen and oxygen atoms in total. The fourth-order valence-corrected chi connectivity index (χ4v) is 2.38. The maximum Gasteiger partial charge on any atom is 0.316 e. The predicted octanol–water partition coefficient (Wildman–Crippen LogP) is 1.16. The molecular formula is C15H24N4O2. The summed E-state index contributed by atoms with van der Waals surface area (Å²) in [6, 6.07) is 7.45. The number of hydrogen-bond acceptors (Lipinski definition) is 4. The fourth-order valence-electron chi connectivity index (χ4n) is 2.38. The fraction of sp³-hybridized carbons (Fsp3) is 0.533. The van der Waals surface area contributed by atoms with Crippen LogP contribution in [0, 0.1) is 0 Å². The number of hydrogen-bond donors (Lipinski definition) is 3. The third-order valence-electron chi connectivity index (χ3n) is 3.66. The second-order valence-electron chi connectivity index (χ2n) is 5.24. The Labute approximate surface area is 125 Å².